The number of halogens is 3. The molecule has 0 bridgehead atoms. The molecule has 1 saturated heterocycles. The maximum Gasteiger partial charge on any atom is 0.522 e. The maximum absolute atomic E-state index is 11.8. The molecule has 0 spiro atoms. The Kier molecular flexibility index (Phi) is 3.33. The average molecular weight is 213 g/mol. The van der Waals surface area contributed by atoms with Crippen LogP contribution < -0.4 is 5.32 Å². The summed E-state index contributed by atoms with van der Waals surface area (Å²) in [5, 5.41) is 2.58. The monoisotopic (exact) mass is 213 g/mol. The fourth-order valence-corrected chi connectivity index (χ4v) is 1.30. The highest BCUT2D eigenvalue weighted by Crippen LogP contribution is 2.23. The molecule has 1 aliphatic rings. The second-order valence-corrected chi connectivity index (χ2v) is 2.91. The van der Waals surface area contributed by atoms with Gasteiger partial charge in [0.2, 0.25) is 0 Å². The largest absolute Gasteiger partial charge is 0.522 e. The van der Waals surface area contributed by atoms with E-state index in [1.807, 2.05) is 0 Å². The minimum absolute atomic E-state index is 0.000718. The summed E-state index contributed by atoms with van der Waals surface area (Å²) in [4.78, 5) is 10.9. The van der Waals surface area contributed by atoms with E-state index in [4.69, 9.17) is 0 Å². The molecule has 1 aliphatic heterocycles. The van der Waals surface area contributed by atoms with Gasteiger partial charge in [-0.05, 0) is 0 Å². The van der Waals surface area contributed by atoms with Crippen molar-refractivity contribution in [3.63, 3.8) is 0 Å². The van der Waals surface area contributed by atoms with Crippen molar-refractivity contribution >= 4 is 5.97 Å². The molecule has 0 aromatic carbocycles. The van der Waals surface area contributed by atoms with Gasteiger partial charge in [-0.15, -0.1) is 13.2 Å². The van der Waals surface area contributed by atoms with Gasteiger partial charge < -0.3 is 10.1 Å². The van der Waals surface area contributed by atoms with Crippen LogP contribution in [-0.4, -0.2) is 38.1 Å². The highest BCUT2D eigenvalue weighted by atomic mass is 19.4. The van der Waals surface area contributed by atoms with Crippen molar-refractivity contribution in [2.45, 2.75) is 24.9 Å². The van der Waals surface area contributed by atoms with Gasteiger partial charge in [0, 0.05) is 13.0 Å². The van der Waals surface area contributed by atoms with Gasteiger partial charge in [0.15, 0.2) is 0 Å². The minimum Gasteiger partial charge on any atom is -0.468 e. The lowest BCUT2D eigenvalue weighted by Gasteiger charge is -2.12. The van der Waals surface area contributed by atoms with Crippen LogP contribution in [0.1, 0.15) is 6.42 Å². The predicted octanol–water partition coefficient (Wildman–Crippen LogP) is 0.426. The Balaban J connectivity index is 2.38. The first-order chi connectivity index (χ1) is 6.42. The third kappa shape index (κ3) is 3.15. The summed E-state index contributed by atoms with van der Waals surface area (Å²) in [7, 11) is 1.18. The summed E-state index contributed by atoms with van der Waals surface area (Å²) in [6, 6.07) is -0.702. The molecule has 2 unspecified atom stereocenters. The summed E-state index contributed by atoms with van der Waals surface area (Å²) in [5.74, 6) is -0.571. The lowest BCUT2D eigenvalue weighted by atomic mass is 10.2. The molecule has 0 aromatic rings. The van der Waals surface area contributed by atoms with Crippen molar-refractivity contribution in [3.05, 3.63) is 0 Å². The summed E-state index contributed by atoms with van der Waals surface area (Å²) >= 11 is 0. The van der Waals surface area contributed by atoms with Crippen molar-refractivity contribution in [2.75, 3.05) is 13.7 Å². The normalized spacial score (nSPS) is 27.7. The Morgan fingerprint density at radius 2 is 2.14 bits per heavy atom. The number of esters is 1. The van der Waals surface area contributed by atoms with E-state index < -0.39 is 24.5 Å². The van der Waals surface area contributed by atoms with Crippen LogP contribution in [0.15, 0.2) is 0 Å². The van der Waals surface area contributed by atoms with E-state index in [9.17, 15) is 18.0 Å². The molecular weight excluding hydrogens is 203 g/mol. The van der Waals surface area contributed by atoms with Crippen LogP contribution in [0.2, 0.25) is 0 Å². The maximum atomic E-state index is 11.8. The number of alkyl halides is 3. The van der Waals surface area contributed by atoms with Crippen LogP contribution in [-0.2, 0) is 14.3 Å². The number of nitrogens with one attached hydrogen (secondary N) is 1. The molecule has 2 atom stereocenters. The molecule has 0 aromatic heterocycles. The molecule has 1 fully saturated rings. The van der Waals surface area contributed by atoms with Crippen molar-refractivity contribution in [1.82, 2.24) is 5.32 Å². The highest BCUT2D eigenvalue weighted by Gasteiger charge is 2.39. The van der Waals surface area contributed by atoms with Gasteiger partial charge in [-0.25, -0.2) is 0 Å². The second kappa shape index (κ2) is 4.14. The number of hydrogen-bond donors (Lipinski definition) is 1. The van der Waals surface area contributed by atoms with E-state index >= 15 is 0 Å². The van der Waals surface area contributed by atoms with Gasteiger partial charge >= 0.3 is 12.3 Å². The molecule has 4 nitrogen and oxygen atoms in total. The van der Waals surface area contributed by atoms with Gasteiger partial charge in [-0.1, -0.05) is 0 Å². The Morgan fingerprint density at radius 3 is 2.64 bits per heavy atom. The lowest BCUT2D eigenvalue weighted by molar-refractivity contribution is -0.340. The number of carbonyl (C=O) groups excluding carboxylic acids is 1. The van der Waals surface area contributed by atoms with Crippen molar-refractivity contribution in [3.8, 4) is 0 Å². The Morgan fingerprint density at radius 1 is 1.50 bits per heavy atom. The number of ether oxygens (including phenoxy) is 2. The van der Waals surface area contributed by atoms with E-state index in [1.165, 1.54) is 7.11 Å². The molecule has 1 rings (SSSR count). The Hall–Kier alpha value is -0.820. The first-order valence-corrected chi connectivity index (χ1v) is 3.98. The fraction of sp³-hybridized carbons (Fsp3) is 0.857. The number of hydrogen-bond acceptors (Lipinski definition) is 4. The van der Waals surface area contributed by atoms with Crippen LogP contribution in [0.4, 0.5) is 13.2 Å². The van der Waals surface area contributed by atoms with Gasteiger partial charge in [0.05, 0.1) is 13.2 Å². The zero-order chi connectivity index (χ0) is 10.8. The van der Waals surface area contributed by atoms with Crippen LogP contribution in [0.3, 0.4) is 0 Å². The van der Waals surface area contributed by atoms with Gasteiger partial charge in [0.25, 0.3) is 0 Å². The van der Waals surface area contributed by atoms with Crippen molar-refractivity contribution in [2.24, 2.45) is 0 Å². The SMILES string of the molecule is COC(=O)C1CC(OC(F)(F)F)CN1. The number of methoxy groups -OCH3 is 1. The minimum atomic E-state index is -4.66. The second-order valence-electron chi connectivity index (χ2n) is 2.91. The van der Waals surface area contributed by atoms with E-state index in [0.29, 0.717) is 0 Å². The summed E-state index contributed by atoms with van der Waals surface area (Å²) in [5.41, 5.74) is 0. The molecule has 1 N–H and O–H groups in total. The van der Waals surface area contributed by atoms with Gasteiger partial charge in [0.1, 0.15) is 6.04 Å². The summed E-state index contributed by atoms with van der Waals surface area (Å²) < 4.78 is 43.4. The van der Waals surface area contributed by atoms with Crippen molar-refractivity contribution < 1.29 is 27.4 Å². The van der Waals surface area contributed by atoms with Crippen LogP contribution in [0, 0.1) is 0 Å². The topological polar surface area (TPSA) is 47.6 Å². The zero-order valence-electron chi connectivity index (χ0n) is 7.43. The van der Waals surface area contributed by atoms with Crippen LogP contribution >= 0.6 is 0 Å². The standard InChI is InChI=1S/C7H10F3NO3/c1-13-6(12)5-2-4(3-11-5)14-7(8,9)10/h4-5,11H,2-3H2,1H3. The molecule has 0 amide bonds. The van der Waals surface area contributed by atoms with Crippen LogP contribution in [0.25, 0.3) is 0 Å². The van der Waals surface area contributed by atoms with E-state index in [1.54, 1.807) is 0 Å². The number of carbonyl (C=O) groups is 1. The van der Waals surface area contributed by atoms with Crippen molar-refractivity contribution in [1.29, 1.82) is 0 Å². The zero-order valence-corrected chi connectivity index (χ0v) is 7.43. The summed E-state index contributed by atoms with van der Waals surface area (Å²) in [6.07, 6.45) is -5.69. The summed E-state index contributed by atoms with van der Waals surface area (Å²) in [6.45, 7) is -0.000718. The molecule has 82 valence electrons. The third-order valence-corrected chi connectivity index (χ3v) is 1.88. The van der Waals surface area contributed by atoms with Crippen LogP contribution in [0.5, 0.6) is 0 Å². The number of rotatable bonds is 2. The molecule has 14 heavy (non-hydrogen) atoms. The fourth-order valence-electron chi connectivity index (χ4n) is 1.30. The Labute approximate surface area is 78.4 Å². The molecule has 0 aliphatic carbocycles. The quantitative estimate of drug-likeness (QED) is 0.675. The van der Waals surface area contributed by atoms with E-state index in [-0.39, 0.29) is 13.0 Å². The highest BCUT2D eigenvalue weighted by molar-refractivity contribution is 5.76. The molecular formula is C7H10F3NO3. The van der Waals surface area contributed by atoms with Gasteiger partial charge in [-0.2, -0.15) is 0 Å². The smallest absolute Gasteiger partial charge is 0.468 e. The van der Waals surface area contributed by atoms with E-state index in [2.05, 4.69) is 14.8 Å². The molecule has 1 heterocycles. The molecule has 7 heteroatoms. The molecule has 0 radical (unpaired) electrons. The first kappa shape index (κ1) is 11.3. The molecule has 0 saturated carbocycles. The Bertz CT molecular complexity index is 219. The predicted molar refractivity (Wildman–Crippen MR) is 39.4 cm³/mol. The van der Waals surface area contributed by atoms with Gasteiger partial charge in [-0.3, -0.25) is 9.53 Å². The lowest BCUT2D eigenvalue weighted by Crippen LogP contribution is -2.31. The van der Waals surface area contributed by atoms with E-state index in [0.717, 1.165) is 0 Å². The first-order valence-electron chi connectivity index (χ1n) is 3.98. The third-order valence-electron chi connectivity index (χ3n) is 1.88. The average Bonchev–Trinajstić information content (AvgIpc) is 2.48.